The molecule has 0 saturated carbocycles. The van der Waals surface area contributed by atoms with Crippen LogP contribution in [0, 0.1) is 0 Å². The second kappa shape index (κ2) is 4.69. The molecule has 1 heterocycles. The minimum Gasteiger partial charge on any atom is -0.327 e. The maximum atomic E-state index is 11.9. The minimum atomic E-state index is -3.44. The molecule has 0 spiro atoms. The second-order valence-electron chi connectivity index (χ2n) is 3.45. The monoisotopic (exact) mass is 229 g/mol. The van der Waals surface area contributed by atoms with Gasteiger partial charge in [-0.3, -0.25) is 4.98 Å². The molecule has 0 aliphatic carbocycles. The van der Waals surface area contributed by atoms with E-state index < -0.39 is 10.0 Å². The molecule has 0 fully saturated rings. The number of nitrogens with zero attached hydrogens (tertiary/aromatic N) is 2. The van der Waals surface area contributed by atoms with Crippen molar-refractivity contribution < 1.29 is 8.42 Å². The van der Waals surface area contributed by atoms with Crippen LogP contribution < -0.4 is 5.73 Å². The van der Waals surface area contributed by atoms with Crippen LogP contribution in [0.15, 0.2) is 29.4 Å². The van der Waals surface area contributed by atoms with Gasteiger partial charge in [0.25, 0.3) is 0 Å². The van der Waals surface area contributed by atoms with Crippen LogP contribution in [0.4, 0.5) is 0 Å². The van der Waals surface area contributed by atoms with Crippen LogP contribution in [0.3, 0.4) is 0 Å². The van der Waals surface area contributed by atoms with Gasteiger partial charge < -0.3 is 5.73 Å². The Labute approximate surface area is 90.0 Å². The molecule has 0 saturated heterocycles. The van der Waals surface area contributed by atoms with Gasteiger partial charge in [-0.15, -0.1) is 0 Å². The zero-order valence-corrected chi connectivity index (χ0v) is 9.61. The molecule has 0 aliphatic heterocycles. The van der Waals surface area contributed by atoms with Crippen LogP contribution in [-0.2, 0) is 10.0 Å². The van der Waals surface area contributed by atoms with E-state index in [-0.39, 0.29) is 17.5 Å². The normalized spacial score (nSPS) is 14.1. The van der Waals surface area contributed by atoms with E-state index in [0.717, 1.165) is 0 Å². The van der Waals surface area contributed by atoms with E-state index in [4.69, 9.17) is 5.73 Å². The summed E-state index contributed by atoms with van der Waals surface area (Å²) in [6.45, 7) is 2.05. The number of pyridine rings is 1. The van der Waals surface area contributed by atoms with Crippen molar-refractivity contribution >= 4 is 10.0 Å². The maximum absolute atomic E-state index is 11.9. The molecular formula is C9H15N3O2S. The standard InChI is InChI=1S/C9H15N3O2S/c1-8(10)7-12(2)15(13,14)9-4-3-5-11-6-9/h3-6,8H,7,10H2,1-2H3. The Morgan fingerprint density at radius 1 is 1.60 bits per heavy atom. The fourth-order valence-corrected chi connectivity index (χ4v) is 2.42. The van der Waals surface area contributed by atoms with Gasteiger partial charge in [0, 0.05) is 32.0 Å². The molecule has 0 amide bonds. The van der Waals surface area contributed by atoms with Crippen LogP contribution in [0.25, 0.3) is 0 Å². The first-order valence-electron chi connectivity index (χ1n) is 4.56. The van der Waals surface area contributed by atoms with Gasteiger partial charge in [-0.05, 0) is 19.1 Å². The average molecular weight is 229 g/mol. The Kier molecular flexibility index (Phi) is 3.78. The van der Waals surface area contributed by atoms with Gasteiger partial charge in [-0.2, -0.15) is 4.31 Å². The number of rotatable bonds is 4. The topological polar surface area (TPSA) is 76.3 Å². The lowest BCUT2D eigenvalue weighted by Crippen LogP contribution is -2.36. The summed E-state index contributed by atoms with van der Waals surface area (Å²) < 4.78 is 25.0. The van der Waals surface area contributed by atoms with Gasteiger partial charge in [-0.1, -0.05) is 0 Å². The molecule has 84 valence electrons. The van der Waals surface area contributed by atoms with Crippen LogP contribution in [0.5, 0.6) is 0 Å². The summed E-state index contributed by atoms with van der Waals surface area (Å²) in [6, 6.07) is 2.91. The lowest BCUT2D eigenvalue weighted by Gasteiger charge is -2.18. The van der Waals surface area contributed by atoms with E-state index in [1.807, 2.05) is 0 Å². The summed E-state index contributed by atoms with van der Waals surface area (Å²) in [6.07, 6.45) is 2.86. The second-order valence-corrected chi connectivity index (χ2v) is 5.50. The van der Waals surface area contributed by atoms with E-state index in [1.54, 1.807) is 13.0 Å². The van der Waals surface area contributed by atoms with Crippen molar-refractivity contribution in [3.8, 4) is 0 Å². The first-order chi connectivity index (χ1) is 6.94. The SMILES string of the molecule is CC(N)CN(C)S(=O)(=O)c1cccnc1. The van der Waals surface area contributed by atoms with Crippen LogP contribution in [0.2, 0.25) is 0 Å². The number of hydrogen-bond acceptors (Lipinski definition) is 4. The average Bonchev–Trinajstić information content (AvgIpc) is 2.18. The van der Waals surface area contributed by atoms with Crippen molar-refractivity contribution in [2.45, 2.75) is 17.9 Å². The van der Waals surface area contributed by atoms with Gasteiger partial charge >= 0.3 is 0 Å². The first kappa shape index (κ1) is 12.1. The molecule has 2 N–H and O–H groups in total. The zero-order chi connectivity index (χ0) is 11.5. The molecule has 0 aliphatic rings. The molecule has 0 radical (unpaired) electrons. The molecule has 5 nitrogen and oxygen atoms in total. The number of hydrogen-bond donors (Lipinski definition) is 1. The summed E-state index contributed by atoms with van der Waals surface area (Å²) in [5, 5.41) is 0. The fourth-order valence-electron chi connectivity index (χ4n) is 1.18. The van der Waals surface area contributed by atoms with Gasteiger partial charge in [0.15, 0.2) is 0 Å². The Bertz CT molecular complexity index is 403. The quantitative estimate of drug-likeness (QED) is 0.791. The van der Waals surface area contributed by atoms with Crippen LogP contribution in [-0.4, -0.2) is 37.3 Å². The lowest BCUT2D eigenvalue weighted by atomic mass is 10.4. The molecule has 0 aromatic carbocycles. The van der Waals surface area contributed by atoms with Gasteiger partial charge in [0.2, 0.25) is 10.0 Å². The van der Waals surface area contributed by atoms with E-state index in [1.165, 1.54) is 29.8 Å². The number of sulfonamides is 1. The molecule has 0 bridgehead atoms. The summed E-state index contributed by atoms with van der Waals surface area (Å²) in [7, 11) is -1.94. The molecule has 1 aromatic rings. The van der Waals surface area contributed by atoms with E-state index in [2.05, 4.69) is 4.98 Å². The third kappa shape index (κ3) is 2.98. The number of aromatic nitrogens is 1. The van der Waals surface area contributed by atoms with Crippen molar-refractivity contribution in [3.63, 3.8) is 0 Å². The predicted molar refractivity (Wildman–Crippen MR) is 57.7 cm³/mol. The minimum absolute atomic E-state index is 0.188. The molecule has 1 aromatic heterocycles. The smallest absolute Gasteiger partial charge is 0.244 e. The summed E-state index contributed by atoms with van der Waals surface area (Å²) in [5.41, 5.74) is 5.55. The predicted octanol–water partition coefficient (Wildman–Crippen LogP) is 0.0493. The van der Waals surface area contributed by atoms with Gasteiger partial charge in [-0.25, -0.2) is 8.42 Å². The lowest BCUT2D eigenvalue weighted by molar-refractivity contribution is 0.445. The van der Waals surface area contributed by atoms with Gasteiger partial charge in [0.1, 0.15) is 4.90 Å². The van der Waals surface area contributed by atoms with Crippen molar-refractivity contribution in [2.24, 2.45) is 5.73 Å². The largest absolute Gasteiger partial charge is 0.327 e. The molecular weight excluding hydrogens is 214 g/mol. The van der Waals surface area contributed by atoms with Crippen molar-refractivity contribution in [1.82, 2.24) is 9.29 Å². The maximum Gasteiger partial charge on any atom is 0.244 e. The Hall–Kier alpha value is -0.980. The van der Waals surface area contributed by atoms with Gasteiger partial charge in [0.05, 0.1) is 0 Å². The highest BCUT2D eigenvalue weighted by atomic mass is 32.2. The van der Waals surface area contributed by atoms with Crippen LogP contribution in [0.1, 0.15) is 6.92 Å². The molecule has 1 rings (SSSR count). The van der Waals surface area contributed by atoms with Crippen molar-refractivity contribution in [2.75, 3.05) is 13.6 Å². The summed E-state index contributed by atoms with van der Waals surface area (Å²) >= 11 is 0. The van der Waals surface area contributed by atoms with Crippen molar-refractivity contribution in [3.05, 3.63) is 24.5 Å². The fraction of sp³-hybridized carbons (Fsp3) is 0.444. The Morgan fingerprint density at radius 2 is 2.27 bits per heavy atom. The molecule has 1 unspecified atom stereocenters. The highest BCUT2D eigenvalue weighted by Crippen LogP contribution is 2.11. The molecule has 1 atom stereocenters. The number of nitrogens with two attached hydrogens (primary N) is 1. The third-order valence-electron chi connectivity index (χ3n) is 1.89. The highest BCUT2D eigenvalue weighted by molar-refractivity contribution is 7.89. The Balaban J connectivity index is 2.94. The molecule has 15 heavy (non-hydrogen) atoms. The number of likely N-dealkylation sites (N-methyl/N-ethyl adjacent to an activating group) is 1. The third-order valence-corrected chi connectivity index (χ3v) is 3.69. The Morgan fingerprint density at radius 3 is 2.73 bits per heavy atom. The van der Waals surface area contributed by atoms with E-state index in [0.29, 0.717) is 0 Å². The van der Waals surface area contributed by atoms with Crippen LogP contribution >= 0.6 is 0 Å². The molecule has 6 heteroatoms. The van der Waals surface area contributed by atoms with Crippen molar-refractivity contribution in [1.29, 1.82) is 0 Å². The van der Waals surface area contributed by atoms with E-state index in [9.17, 15) is 8.42 Å². The highest BCUT2D eigenvalue weighted by Gasteiger charge is 2.21. The summed E-state index contributed by atoms with van der Waals surface area (Å²) in [5.74, 6) is 0. The zero-order valence-electron chi connectivity index (χ0n) is 8.79. The van der Waals surface area contributed by atoms with E-state index >= 15 is 0 Å². The first-order valence-corrected chi connectivity index (χ1v) is 6.00. The summed E-state index contributed by atoms with van der Waals surface area (Å²) in [4.78, 5) is 3.96.